The highest BCUT2D eigenvalue weighted by atomic mass is 35.5. The van der Waals surface area contributed by atoms with Crippen LogP contribution in [0, 0.1) is 0 Å². The Hall–Kier alpha value is -0.770. The van der Waals surface area contributed by atoms with Gasteiger partial charge in [-0.25, -0.2) is 0 Å². The minimum Gasteiger partial charge on any atom is -0.491 e. The maximum atomic E-state index is 6.19. The fourth-order valence-corrected chi connectivity index (χ4v) is 1.80. The van der Waals surface area contributed by atoms with Crippen LogP contribution in [-0.4, -0.2) is 26.9 Å². The molecule has 96 valence electrons. The first-order valence-electron chi connectivity index (χ1n) is 5.86. The van der Waals surface area contributed by atoms with E-state index in [0.29, 0.717) is 19.8 Å². The summed E-state index contributed by atoms with van der Waals surface area (Å²) < 4.78 is 10.7. The van der Waals surface area contributed by atoms with Gasteiger partial charge in [0, 0.05) is 17.7 Å². The van der Waals surface area contributed by atoms with Crippen LogP contribution in [0.3, 0.4) is 0 Å². The van der Waals surface area contributed by atoms with Crippen molar-refractivity contribution in [2.45, 2.75) is 19.9 Å². The second kappa shape index (κ2) is 7.54. The molecule has 1 atom stereocenters. The summed E-state index contributed by atoms with van der Waals surface area (Å²) in [6, 6.07) is 6.00. The molecule has 0 aliphatic rings. The molecule has 0 saturated carbocycles. The first-order valence-corrected chi connectivity index (χ1v) is 6.24. The average molecular weight is 258 g/mol. The normalized spacial score (nSPS) is 12.5. The van der Waals surface area contributed by atoms with Crippen molar-refractivity contribution in [3.8, 4) is 5.75 Å². The summed E-state index contributed by atoms with van der Waals surface area (Å²) in [5.41, 5.74) is 1.08. The van der Waals surface area contributed by atoms with E-state index in [1.54, 1.807) is 0 Å². The van der Waals surface area contributed by atoms with Gasteiger partial charge < -0.3 is 14.8 Å². The zero-order valence-electron chi connectivity index (χ0n) is 10.6. The molecule has 0 bridgehead atoms. The number of nitrogens with one attached hydrogen (secondary N) is 1. The molecule has 17 heavy (non-hydrogen) atoms. The molecule has 1 unspecified atom stereocenters. The van der Waals surface area contributed by atoms with Crippen LogP contribution in [0.5, 0.6) is 5.75 Å². The lowest BCUT2D eigenvalue weighted by Gasteiger charge is -2.14. The molecule has 1 rings (SSSR count). The van der Waals surface area contributed by atoms with E-state index in [0.717, 1.165) is 16.3 Å². The molecule has 0 amide bonds. The van der Waals surface area contributed by atoms with Gasteiger partial charge >= 0.3 is 0 Å². The Balaban J connectivity index is 2.56. The lowest BCUT2D eigenvalue weighted by molar-refractivity contribution is 0.110. The zero-order chi connectivity index (χ0) is 12.7. The summed E-state index contributed by atoms with van der Waals surface area (Å²) >= 11 is 6.19. The van der Waals surface area contributed by atoms with Gasteiger partial charge in [0.15, 0.2) is 0 Å². The third-order valence-corrected chi connectivity index (χ3v) is 2.90. The van der Waals surface area contributed by atoms with Crippen LogP contribution >= 0.6 is 11.6 Å². The van der Waals surface area contributed by atoms with E-state index < -0.39 is 0 Å². The molecule has 0 aromatic heterocycles. The topological polar surface area (TPSA) is 30.5 Å². The number of hydrogen-bond acceptors (Lipinski definition) is 3. The molecule has 3 nitrogen and oxygen atoms in total. The smallest absolute Gasteiger partial charge is 0.120 e. The number of benzene rings is 1. The lowest BCUT2D eigenvalue weighted by Crippen LogP contribution is -2.13. The van der Waals surface area contributed by atoms with Crippen LogP contribution in [0.4, 0.5) is 0 Å². The molecule has 1 aromatic carbocycles. The zero-order valence-corrected chi connectivity index (χ0v) is 11.4. The molecule has 0 aliphatic carbocycles. The van der Waals surface area contributed by atoms with E-state index in [2.05, 4.69) is 12.2 Å². The minimum absolute atomic E-state index is 0.236. The molecule has 0 saturated heterocycles. The first kappa shape index (κ1) is 14.3. The van der Waals surface area contributed by atoms with Gasteiger partial charge in [-0.1, -0.05) is 17.7 Å². The highest BCUT2D eigenvalue weighted by Crippen LogP contribution is 2.26. The van der Waals surface area contributed by atoms with Crippen molar-refractivity contribution in [1.82, 2.24) is 5.32 Å². The maximum Gasteiger partial charge on any atom is 0.120 e. The lowest BCUT2D eigenvalue weighted by atomic mass is 10.1. The molecule has 1 N–H and O–H groups in total. The molecule has 0 aliphatic heterocycles. The number of hydrogen-bond donors (Lipinski definition) is 1. The number of rotatable bonds is 7. The third-order valence-electron chi connectivity index (χ3n) is 2.57. The van der Waals surface area contributed by atoms with Gasteiger partial charge in [0.05, 0.1) is 6.61 Å². The van der Waals surface area contributed by atoms with Gasteiger partial charge in [-0.2, -0.15) is 0 Å². The van der Waals surface area contributed by atoms with E-state index in [9.17, 15) is 0 Å². The molecular weight excluding hydrogens is 238 g/mol. The van der Waals surface area contributed by atoms with E-state index in [-0.39, 0.29) is 6.04 Å². The molecular formula is C13H20ClNO2. The Bertz CT molecular complexity index is 344. The Morgan fingerprint density at radius 1 is 1.35 bits per heavy atom. The standard InChI is InChI=1S/C13H20ClNO2/c1-4-16-7-8-17-11-5-6-12(10(2)15-3)13(14)9-11/h5-6,9-10,15H,4,7-8H2,1-3H3. The predicted octanol–water partition coefficient (Wildman–Crippen LogP) is 3.04. The highest BCUT2D eigenvalue weighted by Gasteiger charge is 2.08. The van der Waals surface area contributed by atoms with Crippen LogP contribution < -0.4 is 10.1 Å². The summed E-state index contributed by atoms with van der Waals surface area (Å²) in [4.78, 5) is 0. The van der Waals surface area contributed by atoms with E-state index in [1.807, 2.05) is 32.2 Å². The number of halogens is 1. The van der Waals surface area contributed by atoms with Crippen LogP contribution in [0.25, 0.3) is 0 Å². The molecule has 0 spiro atoms. The van der Waals surface area contributed by atoms with Crippen molar-refractivity contribution in [1.29, 1.82) is 0 Å². The van der Waals surface area contributed by atoms with Crippen LogP contribution in [0.15, 0.2) is 18.2 Å². The van der Waals surface area contributed by atoms with Gasteiger partial charge in [-0.05, 0) is 38.6 Å². The van der Waals surface area contributed by atoms with Gasteiger partial charge in [-0.15, -0.1) is 0 Å². The van der Waals surface area contributed by atoms with Crippen LogP contribution in [0.2, 0.25) is 5.02 Å². The van der Waals surface area contributed by atoms with Crippen molar-refractivity contribution in [2.24, 2.45) is 0 Å². The van der Waals surface area contributed by atoms with Gasteiger partial charge in [-0.3, -0.25) is 0 Å². The Labute approximate surface area is 108 Å². The fourth-order valence-electron chi connectivity index (χ4n) is 1.47. The molecule has 0 heterocycles. The quantitative estimate of drug-likeness (QED) is 0.762. The maximum absolute atomic E-state index is 6.19. The molecule has 0 radical (unpaired) electrons. The van der Waals surface area contributed by atoms with E-state index in [4.69, 9.17) is 21.1 Å². The summed E-state index contributed by atoms with van der Waals surface area (Å²) in [7, 11) is 1.91. The summed E-state index contributed by atoms with van der Waals surface area (Å²) in [5, 5.41) is 3.88. The Morgan fingerprint density at radius 2 is 2.12 bits per heavy atom. The molecule has 0 fully saturated rings. The predicted molar refractivity (Wildman–Crippen MR) is 70.9 cm³/mol. The monoisotopic (exact) mass is 257 g/mol. The Morgan fingerprint density at radius 3 is 2.71 bits per heavy atom. The average Bonchev–Trinajstić information content (AvgIpc) is 2.34. The van der Waals surface area contributed by atoms with Gasteiger partial charge in [0.1, 0.15) is 12.4 Å². The van der Waals surface area contributed by atoms with Crippen molar-refractivity contribution in [3.05, 3.63) is 28.8 Å². The van der Waals surface area contributed by atoms with Crippen LogP contribution in [-0.2, 0) is 4.74 Å². The van der Waals surface area contributed by atoms with E-state index >= 15 is 0 Å². The van der Waals surface area contributed by atoms with Crippen molar-refractivity contribution in [3.63, 3.8) is 0 Å². The second-order valence-electron chi connectivity index (χ2n) is 3.74. The highest BCUT2D eigenvalue weighted by molar-refractivity contribution is 6.31. The fraction of sp³-hybridized carbons (Fsp3) is 0.538. The van der Waals surface area contributed by atoms with Gasteiger partial charge in [0.25, 0.3) is 0 Å². The number of ether oxygens (including phenoxy) is 2. The van der Waals surface area contributed by atoms with Crippen molar-refractivity contribution < 1.29 is 9.47 Å². The molecule has 4 heteroatoms. The van der Waals surface area contributed by atoms with Crippen molar-refractivity contribution in [2.75, 3.05) is 26.9 Å². The first-order chi connectivity index (χ1) is 8.19. The van der Waals surface area contributed by atoms with Gasteiger partial charge in [0.2, 0.25) is 0 Å². The third kappa shape index (κ3) is 4.54. The summed E-state index contributed by atoms with van der Waals surface area (Å²) in [5.74, 6) is 0.779. The summed E-state index contributed by atoms with van der Waals surface area (Å²) in [6.07, 6.45) is 0. The Kier molecular flexibility index (Phi) is 6.34. The summed E-state index contributed by atoms with van der Waals surface area (Å²) in [6.45, 7) is 5.89. The largest absolute Gasteiger partial charge is 0.491 e. The van der Waals surface area contributed by atoms with E-state index in [1.165, 1.54) is 0 Å². The van der Waals surface area contributed by atoms with Crippen molar-refractivity contribution >= 4 is 11.6 Å². The molecule has 1 aromatic rings. The van der Waals surface area contributed by atoms with Crippen LogP contribution in [0.1, 0.15) is 25.5 Å². The second-order valence-corrected chi connectivity index (χ2v) is 4.15. The SMILES string of the molecule is CCOCCOc1ccc(C(C)NC)c(Cl)c1. The minimum atomic E-state index is 0.236.